The first-order chi connectivity index (χ1) is 9.06. The average molecular weight is 256 g/mol. The quantitative estimate of drug-likeness (QED) is 0.902. The first-order valence-electron chi connectivity index (χ1n) is 6.16. The molecule has 5 nitrogen and oxygen atoms in total. The summed E-state index contributed by atoms with van der Waals surface area (Å²) in [5.74, 6) is 0.731. The Morgan fingerprint density at radius 3 is 2.95 bits per heavy atom. The second-order valence-corrected chi connectivity index (χ2v) is 4.64. The number of rotatable bonds is 4. The second-order valence-electron chi connectivity index (χ2n) is 4.64. The maximum atomic E-state index is 10.6. The van der Waals surface area contributed by atoms with Crippen molar-refractivity contribution in [3.05, 3.63) is 47.5 Å². The van der Waals surface area contributed by atoms with Crippen LogP contribution in [0.4, 0.5) is 0 Å². The van der Waals surface area contributed by atoms with E-state index in [-0.39, 0.29) is 0 Å². The third-order valence-corrected chi connectivity index (χ3v) is 3.11. The van der Waals surface area contributed by atoms with E-state index >= 15 is 0 Å². The molecule has 1 aromatic carbocycles. The van der Waals surface area contributed by atoms with Crippen molar-refractivity contribution in [2.75, 3.05) is 0 Å². The molecular weight excluding hydrogens is 240 g/mol. The zero-order valence-corrected chi connectivity index (χ0v) is 11.0. The summed E-state index contributed by atoms with van der Waals surface area (Å²) in [6.45, 7) is 4.41. The Morgan fingerprint density at radius 1 is 1.47 bits per heavy atom. The normalized spacial score (nSPS) is 13.8. The molecular formula is C14H16N4O. The zero-order valence-electron chi connectivity index (χ0n) is 11.0. The molecule has 19 heavy (non-hydrogen) atoms. The lowest BCUT2D eigenvalue weighted by Gasteiger charge is -2.23. The van der Waals surface area contributed by atoms with Crippen LogP contribution in [0.25, 0.3) is 0 Å². The van der Waals surface area contributed by atoms with Crippen LogP contribution < -0.4 is 0 Å². The van der Waals surface area contributed by atoms with Gasteiger partial charge in [0.2, 0.25) is 0 Å². The van der Waals surface area contributed by atoms with Crippen molar-refractivity contribution in [3.63, 3.8) is 0 Å². The highest BCUT2D eigenvalue weighted by molar-refractivity contribution is 5.35. The second kappa shape index (κ2) is 5.21. The van der Waals surface area contributed by atoms with E-state index < -0.39 is 5.60 Å². The van der Waals surface area contributed by atoms with Crippen molar-refractivity contribution >= 4 is 0 Å². The Hall–Kier alpha value is -2.19. The predicted molar refractivity (Wildman–Crippen MR) is 70.1 cm³/mol. The van der Waals surface area contributed by atoms with Gasteiger partial charge in [0.15, 0.2) is 0 Å². The first-order valence-corrected chi connectivity index (χ1v) is 6.16. The monoisotopic (exact) mass is 256 g/mol. The Bertz CT molecular complexity index is 610. The van der Waals surface area contributed by atoms with Crippen LogP contribution in [0.15, 0.2) is 30.6 Å². The fraction of sp³-hybridized carbons (Fsp3) is 0.357. The number of nitrogens with zero attached hydrogens (tertiary/aromatic N) is 4. The Kier molecular flexibility index (Phi) is 3.63. The SMILES string of the molecule is CCn1ncnc1CC(C)(O)c1cccc(C#N)c1. The van der Waals surface area contributed by atoms with Gasteiger partial charge in [-0.05, 0) is 31.5 Å². The van der Waals surface area contributed by atoms with Crippen LogP contribution in [0.1, 0.15) is 30.8 Å². The summed E-state index contributed by atoms with van der Waals surface area (Å²) in [5.41, 5.74) is 0.166. The molecule has 0 spiro atoms. The third kappa shape index (κ3) is 2.80. The highest BCUT2D eigenvalue weighted by Gasteiger charge is 2.26. The van der Waals surface area contributed by atoms with Gasteiger partial charge in [0.05, 0.1) is 17.2 Å². The number of aliphatic hydroxyl groups is 1. The van der Waals surface area contributed by atoms with Gasteiger partial charge in [0, 0.05) is 13.0 Å². The van der Waals surface area contributed by atoms with E-state index in [0.717, 1.165) is 5.82 Å². The minimum Gasteiger partial charge on any atom is -0.385 e. The topological polar surface area (TPSA) is 74.7 Å². The molecule has 0 amide bonds. The van der Waals surface area contributed by atoms with E-state index in [0.29, 0.717) is 24.1 Å². The molecule has 0 saturated heterocycles. The lowest BCUT2D eigenvalue weighted by atomic mass is 9.91. The fourth-order valence-electron chi connectivity index (χ4n) is 2.02. The van der Waals surface area contributed by atoms with Crippen LogP contribution in [0, 0.1) is 11.3 Å². The highest BCUT2D eigenvalue weighted by Crippen LogP contribution is 2.25. The lowest BCUT2D eigenvalue weighted by Crippen LogP contribution is -2.26. The lowest BCUT2D eigenvalue weighted by molar-refractivity contribution is 0.0543. The number of nitriles is 1. The summed E-state index contributed by atoms with van der Waals surface area (Å²) < 4.78 is 1.75. The molecule has 0 aliphatic rings. The molecule has 2 rings (SSSR count). The molecule has 0 aliphatic carbocycles. The maximum absolute atomic E-state index is 10.6. The molecule has 2 aromatic rings. The van der Waals surface area contributed by atoms with Crippen LogP contribution in [0.5, 0.6) is 0 Å². The molecule has 5 heteroatoms. The minimum absolute atomic E-state index is 0.357. The largest absolute Gasteiger partial charge is 0.385 e. The summed E-state index contributed by atoms with van der Waals surface area (Å²) in [5, 5.41) is 23.6. The molecule has 0 fully saturated rings. The minimum atomic E-state index is -1.08. The Balaban J connectivity index is 2.29. The molecule has 1 aromatic heterocycles. The van der Waals surface area contributed by atoms with Crippen LogP contribution in [-0.2, 0) is 18.6 Å². The molecule has 0 radical (unpaired) electrons. The Morgan fingerprint density at radius 2 is 2.26 bits per heavy atom. The molecule has 1 atom stereocenters. The van der Waals surface area contributed by atoms with Crippen LogP contribution in [0.3, 0.4) is 0 Å². The van der Waals surface area contributed by atoms with Gasteiger partial charge in [-0.2, -0.15) is 10.4 Å². The van der Waals surface area contributed by atoms with Gasteiger partial charge in [0.1, 0.15) is 12.2 Å². The third-order valence-electron chi connectivity index (χ3n) is 3.11. The average Bonchev–Trinajstić information content (AvgIpc) is 2.85. The number of aryl methyl sites for hydroxylation is 1. The van der Waals surface area contributed by atoms with Crippen LogP contribution in [-0.4, -0.2) is 19.9 Å². The zero-order chi connectivity index (χ0) is 13.9. The summed E-state index contributed by atoms with van der Waals surface area (Å²) in [6, 6.07) is 9.08. The Labute approximate surface area is 112 Å². The van der Waals surface area contributed by atoms with Gasteiger partial charge in [-0.25, -0.2) is 4.98 Å². The molecule has 0 saturated carbocycles. The van der Waals surface area contributed by atoms with Gasteiger partial charge in [-0.15, -0.1) is 0 Å². The van der Waals surface area contributed by atoms with Gasteiger partial charge in [0.25, 0.3) is 0 Å². The van der Waals surface area contributed by atoms with Crippen molar-refractivity contribution < 1.29 is 5.11 Å². The van der Waals surface area contributed by atoms with Crippen molar-refractivity contribution in [2.24, 2.45) is 0 Å². The van der Waals surface area contributed by atoms with E-state index in [1.165, 1.54) is 6.33 Å². The predicted octanol–water partition coefficient (Wildman–Crippen LogP) is 1.62. The fourth-order valence-corrected chi connectivity index (χ4v) is 2.02. The first kappa shape index (κ1) is 13.2. The molecule has 1 unspecified atom stereocenters. The van der Waals surface area contributed by atoms with Crippen LogP contribution >= 0.6 is 0 Å². The van der Waals surface area contributed by atoms with E-state index in [4.69, 9.17) is 5.26 Å². The van der Waals surface area contributed by atoms with Gasteiger partial charge < -0.3 is 5.11 Å². The van der Waals surface area contributed by atoms with Crippen molar-refractivity contribution in [1.82, 2.24) is 14.8 Å². The number of aromatic nitrogens is 3. The van der Waals surface area contributed by atoms with Crippen molar-refractivity contribution in [3.8, 4) is 6.07 Å². The van der Waals surface area contributed by atoms with E-state index in [2.05, 4.69) is 16.2 Å². The number of hydrogen-bond acceptors (Lipinski definition) is 4. The van der Waals surface area contributed by atoms with E-state index in [1.54, 1.807) is 29.8 Å². The van der Waals surface area contributed by atoms with Gasteiger partial charge in [-0.1, -0.05) is 12.1 Å². The summed E-state index contributed by atoms with van der Waals surface area (Å²) in [7, 11) is 0. The molecule has 1 N–H and O–H groups in total. The standard InChI is InChI=1S/C14H16N4O/c1-3-18-13(16-10-17-18)8-14(2,19)12-6-4-5-11(7-12)9-15/h4-7,10,19H,3,8H2,1-2H3. The molecule has 1 heterocycles. The molecule has 98 valence electrons. The van der Waals surface area contributed by atoms with Gasteiger partial charge in [-0.3, -0.25) is 4.68 Å². The number of benzene rings is 1. The van der Waals surface area contributed by atoms with Crippen molar-refractivity contribution in [1.29, 1.82) is 5.26 Å². The highest BCUT2D eigenvalue weighted by atomic mass is 16.3. The smallest absolute Gasteiger partial charge is 0.138 e. The maximum Gasteiger partial charge on any atom is 0.138 e. The summed E-state index contributed by atoms with van der Waals surface area (Å²) >= 11 is 0. The van der Waals surface area contributed by atoms with Crippen LogP contribution in [0.2, 0.25) is 0 Å². The molecule has 0 bridgehead atoms. The van der Waals surface area contributed by atoms with Gasteiger partial charge >= 0.3 is 0 Å². The van der Waals surface area contributed by atoms with E-state index in [9.17, 15) is 5.11 Å². The summed E-state index contributed by atoms with van der Waals surface area (Å²) in [6.07, 6.45) is 1.84. The molecule has 0 aliphatic heterocycles. The number of hydrogen-bond donors (Lipinski definition) is 1. The summed E-state index contributed by atoms with van der Waals surface area (Å²) in [4.78, 5) is 4.17. The van der Waals surface area contributed by atoms with E-state index in [1.807, 2.05) is 13.0 Å². The van der Waals surface area contributed by atoms with Crippen molar-refractivity contribution in [2.45, 2.75) is 32.4 Å².